The number of hydrogen-bond acceptors (Lipinski definition) is 3. The molecule has 0 bridgehead atoms. The largest absolute Gasteiger partial charge is 1.00 e. The van der Waals surface area contributed by atoms with Crippen LogP contribution in [0.25, 0.3) is 0 Å². The molecule has 0 aliphatic carbocycles. The van der Waals surface area contributed by atoms with E-state index in [0.29, 0.717) is 0 Å². The van der Waals surface area contributed by atoms with Crippen LogP contribution in [-0.4, -0.2) is 22.6 Å². The SMILES string of the molecule is C.C=C(C)C.CC(C)C(=O)O.CC(C)C(=O)OC(C)(C)C.[H+]. The van der Waals surface area contributed by atoms with Crippen molar-refractivity contribution in [2.75, 3.05) is 0 Å². The normalized spacial score (nSPS) is 9.48. The first-order chi connectivity index (χ1) is 8.70. The van der Waals surface area contributed by atoms with Gasteiger partial charge < -0.3 is 9.84 Å². The van der Waals surface area contributed by atoms with Gasteiger partial charge in [-0.1, -0.05) is 40.7 Å². The summed E-state index contributed by atoms with van der Waals surface area (Å²) in [7, 11) is 0. The quantitative estimate of drug-likeness (QED) is 0.573. The van der Waals surface area contributed by atoms with Crippen molar-refractivity contribution in [3.05, 3.63) is 12.2 Å². The summed E-state index contributed by atoms with van der Waals surface area (Å²) in [6.45, 7) is 20.0. The second kappa shape index (κ2) is 13.7. The van der Waals surface area contributed by atoms with E-state index in [2.05, 4.69) is 6.58 Å². The zero-order chi connectivity index (χ0) is 17.1. The molecule has 128 valence electrons. The third-order valence-electron chi connectivity index (χ3n) is 1.37. The van der Waals surface area contributed by atoms with E-state index in [9.17, 15) is 9.59 Å². The van der Waals surface area contributed by atoms with E-state index in [-0.39, 0.29) is 32.3 Å². The first-order valence-corrected chi connectivity index (χ1v) is 6.78. The Bertz CT molecular complexity index is 298. The van der Waals surface area contributed by atoms with Gasteiger partial charge in [-0.2, -0.15) is 0 Å². The summed E-state index contributed by atoms with van der Waals surface area (Å²) in [5.41, 5.74) is 0.821. The Hall–Kier alpha value is -1.32. The second-order valence-electron chi connectivity index (χ2n) is 6.39. The molecule has 0 saturated heterocycles. The van der Waals surface area contributed by atoms with Gasteiger partial charge in [-0.25, -0.2) is 0 Å². The topological polar surface area (TPSA) is 63.6 Å². The number of hydrogen-bond donors (Lipinski definition) is 1. The van der Waals surface area contributed by atoms with Crippen molar-refractivity contribution >= 4 is 11.9 Å². The van der Waals surface area contributed by atoms with Gasteiger partial charge in [0.1, 0.15) is 5.60 Å². The lowest BCUT2D eigenvalue weighted by molar-refractivity contribution is -0.158. The summed E-state index contributed by atoms with van der Waals surface area (Å²) >= 11 is 0. The third kappa shape index (κ3) is 38.1. The number of rotatable bonds is 2. The summed E-state index contributed by atoms with van der Waals surface area (Å²) in [5.74, 6) is -1.13. The van der Waals surface area contributed by atoms with Crippen LogP contribution in [0.2, 0.25) is 0 Å². The number of allylic oxidation sites excluding steroid dienone is 1. The first kappa shape index (κ1) is 27.9. The van der Waals surface area contributed by atoms with E-state index in [1.54, 1.807) is 13.8 Å². The number of carboxylic acids is 1. The van der Waals surface area contributed by atoms with Gasteiger partial charge in [-0.05, 0) is 34.6 Å². The van der Waals surface area contributed by atoms with Crippen LogP contribution in [0.5, 0.6) is 0 Å². The van der Waals surface area contributed by atoms with E-state index >= 15 is 0 Å². The molecule has 0 aromatic carbocycles. The monoisotopic (exact) mass is 305 g/mol. The van der Waals surface area contributed by atoms with E-state index in [0.717, 1.165) is 0 Å². The minimum atomic E-state index is -0.741. The molecule has 4 nitrogen and oxygen atoms in total. The van der Waals surface area contributed by atoms with Crippen molar-refractivity contribution in [2.24, 2.45) is 11.8 Å². The van der Waals surface area contributed by atoms with E-state index in [1.165, 1.54) is 5.57 Å². The molecule has 0 rings (SSSR count). The molecule has 0 aliphatic rings. The summed E-state index contributed by atoms with van der Waals surface area (Å²) in [5, 5.41) is 7.99. The molecular weight excluding hydrogens is 268 g/mol. The lowest BCUT2D eigenvalue weighted by Gasteiger charge is -2.20. The summed E-state index contributed by atoms with van der Waals surface area (Å²) in [6.07, 6.45) is 0. The van der Waals surface area contributed by atoms with Gasteiger partial charge in [0.15, 0.2) is 0 Å². The number of carbonyl (C=O) groups is 2. The lowest BCUT2D eigenvalue weighted by atomic mass is 10.1. The predicted octanol–water partition coefficient (Wildman–Crippen LogP) is 5.04. The van der Waals surface area contributed by atoms with Crippen LogP contribution in [0.3, 0.4) is 0 Å². The van der Waals surface area contributed by atoms with Gasteiger partial charge in [0.2, 0.25) is 0 Å². The van der Waals surface area contributed by atoms with Crippen molar-refractivity contribution in [3.8, 4) is 0 Å². The molecule has 1 N–H and O–H groups in total. The molecule has 0 amide bonds. The fourth-order valence-corrected chi connectivity index (χ4v) is 0.420. The zero-order valence-corrected chi connectivity index (χ0v) is 14.5. The highest BCUT2D eigenvalue weighted by Crippen LogP contribution is 2.10. The van der Waals surface area contributed by atoms with Crippen molar-refractivity contribution < 1.29 is 20.9 Å². The van der Waals surface area contributed by atoms with Gasteiger partial charge in [0.25, 0.3) is 0 Å². The van der Waals surface area contributed by atoms with E-state index < -0.39 is 5.97 Å². The molecule has 4 heteroatoms. The van der Waals surface area contributed by atoms with Gasteiger partial charge >= 0.3 is 13.4 Å². The maximum absolute atomic E-state index is 10.9. The van der Waals surface area contributed by atoms with Crippen molar-refractivity contribution in [1.82, 2.24) is 0 Å². The van der Waals surface area contributed by atoms with Crippen LogP contribution < -0.4 is 0 Å². The van der Waals surface area contributed by atoms with Crippen LogP contribution >= 0.6 is 0 Å². The highest BCUT2D eigenvalue weighted by molar-refractivity contribution is 5.71. The molecule has 0 radical (unpaired) electrons. The Labute approximate surface area is 133 Å². The van der Waals surface area contributed by atoms with Gasteiger partial charge in [0.05, 0.1) is 11.8 Å². The number of esters is 1. The molecule has 0 saturated carbocycles. The Morgan fingerprint density at radius 1 is 1.05 bits per heavy atom. The second-order valence-corrected chi connectivity index (χ2v) is 6.39. The molecule has 0 aromatic rings. The number of aliphatic carboxylic acids is 1. The Morgan fingerprint density at radius 3 is 1.33 bits per heavy atom. The minimum absolute atomic E-state index is 0. The molecule has 0 aliphatic heterocycles. The van der Waals surface area contributed by atoms with Crippen LogP contribution in [0.4, 0.5) is 0 Å². The van der Waals surface area contributed by atoms with E-state index in [4.69, 9.17) is 9.84 Å². The number of ether oxygens (including phenoxy) is 1. The summed E-state index contributed by atoms with van der Waals surface area (Å²) < 4.78 is 5.06. The number of carboxylic acid groups (broad SMARTS) is 1. The highest BCUT2D eigenvalue weighted by Gasteiger charge is 2.18. The molecular formula is C17H37O4+. The average Bonchev–Trinajstić information content (AvgIpc) is 2.14. The third-order valence-corrected chi connectivity index (χ3v) is 1.37. The van der Waals surface area contributed by atoms with Gasteiger partial charge in [-0.3, -0.25) is 9.59 Å². The van der Waals surface area contributed by atoms with Gasteiger partial charge in [-0.15, -0.1) is 6.58 Å². The van der Waals surface area contributed by atoms with Crippen LogP contribution in [-0.2, 0) is 14.3 Å². The zero-order valence-electron chi connectivity index (χ0n) is 15.5. The summed E-state index contributed by atoms with van der Waals surface area (Å²) in [4.78, 5) is 20.6. The Morgan fingerprint density at radius 2 is 1.29 bits per heavy atom. The lowest BCUT2D eigenvalue weighted by Crippen LogP contribution is -2.26. The molecule has 21 heavy (non-hydrogen) atoms. The molecule has 0 aromatic heterocycles. The number of carbonyl (C=O) groups excluding carboxylic acids is 1. The molecule has 0 fully saturated rings. The Balaban J connectivity index is -0.0000000697. The predicted molar refractivity (Wildman–Crippen MR) is 91.5 cm³/mol. The summed E-state index contributed by atoms with van der Waals surface area (Å²) in [6, 6.07) is 0. The smallest absolute Gasteiger partial charge is 0.481 e. The standard InChI is InChI=1S/C8H16O2.C4H8O2.C4H8.CH4/c1-6(2)7(9)10-8(3,4)5;1-3(2)4(5)6;1-4(2)3;/h6H,1-5H3;3H,1-2H3,(H,5,6);1H2,2-3H3;1H4/p+1. The van der Waals surface area contributed by atoms with Crippen molar-refractivity contribution in [3.63, 3.8) is 0 Å². The molecule has 0 spiro atoms. The van der Waals surface area contributed by atoms with Crippen molar-refractivity contribution in [1.29, 1.82) is 0 Å². The fraction of sp³-hybridized carbons (Fsp3) is 0.765. The van der Waals surface area contributed by atoms with Crippen molar-refractivity contribution in [2.45, 2.75) is 75.3 Å². The molecule has 0 heterocycles. The molecule has 0 atom stereocenters. The maximum atomic E-state index is 10.9. The average molecular weight is 305 g/mol. The molecule has 0 unspecified atom stereocenters. The highest BCUT2D eigenvalue weighted by atomic mass is 16.6. The maximum Gasteiger partial charge on any atom is 1.00 e. The van der Waals surface area contributed by atoms with Crippen LogP contribution in [0, 0.1) is 11.8 Å². The Kier molecular flexibility index (Phi) is 18.2. The van der Waals surface area contributed by atoms with Crippen LogP contribution in [0.15, 0.2) is 12.2 Å². The fourth-order valence-electron chi connectivity index (χ4n) is 0.420. The first-order valence-electron chi connectivity index (χ1n) is 6.78. The van der Waals surface area contributed by atoms with E-state index in [1.807, 2.05) is 48.5 Å². The van der Waals surface area contributed by atoms with Gasteiger partial charge in [0, 0.05) is 0 Å². The van der Waals surface area contributed by atoms with Crippen LogP contribution in [0.1, 0.15) is 71.2 Å². The minimum Gasteiger partial charge on any atom is -0.481 e.